The summed E-state index contributed by atoms with van der Waals surface area (Å²) in [6.45, 7) is 7.40. The highest BCUT2D eigenvalue weighted by Crippen LogP contribution is 2.22. The van der Waals surface area contributed by atoms with Crippen LogP contribution in [0.5, 0.6) is 0 Å². The molecular weight excluding hydrogens is 260 g/mol. The average Bonchev–Trinajstić information content (AvgIpc) is 3.09. The number of nitrogens with one attached hydrogen (secondary N) is 1. The van der Waals surface area contributed by atoms with E-state index in [2.05, 4.69) is 22.1 Å². The minimum Gasteiger partial charge on any atom is -0.345 e. The van der Waals surface area contributed by atoms with Gasteiger partial charge in [0.15, 0.2) is 5.13 Å². The molecule has 0 aliphatic carbocycles. The Bertz CT molecular complexity index is 428. The molecule has 2 fully saturated rings. The van der Waals surface area contributed by atoms with Crippen LogP contribution in [-0.4, -0.2) is 55.1 Å². The van der Waals surface area contributed by atoms with Crippen LogP contribution in [0.1, 0.15) is 6.92 Å². The molecule has 104 valence electrons. The summed E-state index contributed by atoms with van der Waals surface area (Å²) in [4.78, 5) is 21.1. The number of hydrogen-bond donors (Lipinski definition) is 1. The third kappa shape index (κ3) is 2.60. The maximum absolute atomic E-state index is 12.5. The van der Waals surface area contributed by atoms with Crippen molar-refractivity contribution in [2.45, 2.75) is 6.92 Å². The Morgan fingerprint density at radius 1 is 1.37 bits per heavy atom. The largest absolute Gasteiger partial charge is 0.345 e. The lowest BCUT2D eigenvalue weighted by Gasteiger charge is -2.36. The van der Waals surface area contributed by atoms with Crippen molar-refractivity contribution in [1.29, 1.82) is 0 Å². The van der Waals surface area contributed by atoms with Gasteiger partial charge in [-0.25, -0.2) is 4.98 Å². The normalized spacial score (nSPS) is 27.8. The van der Waals surface area contributed by atoms with E-state index < -0.39 is 0 Å². The molecule has 1 amide bonds. The molecule has 3 heterocycles. The average molecular weight is 280 g/mol. The molecule has 0 saturated carbocycles. The van der Waals surface area contributed by atoms with E-state index in [1.165, 1.54) is 0 Å². The number of piperazine rings is 1. The van der Waals surface area contributed by atoms with Gasteiger partial charge in [0.2, 0.25) is 5.91 Å². The highest BCUT2D eigenvalue weighted by molar-refractivity contribution is 7.13. The van der Waals surface area contributed by atoms with Crippen molar-refractivity contribution >= 4 is 22.4 Å². The van der Waals surface area contributed by atoms with Gasteiger partial charge in [0.1, 0.15) is 0 Å². The third-order valence-electron chi connectivity index (χ3n) is 4.12. The van der Waals surface area contributed by atoms with E-state index in [1.54, 1.807) is 11.3 Å². The molecule has 6 heteroatoms. The summed E-state index contributed by atoms with van der Waals surface area (Å²) in [6.07, 6.45) is 1.84. The lowest BCUT2D eigenvalue weighted by atomic mass is 9.96. The second kappa shape index (κ2) is 5.46. The molecule has 2 atom stereocenters. The molecule has 0 radical (unpaired) electrons. The van der Waals surface area contributed by atoms with E-state index in [0.717, 1.165) is 44.4 Å². The number of rotatable bonds is 2. The lowest BCUT2D eigenvalue weighted by Crippen LogP contribution is -2.51. The SMILES string of the molecule is CC1CNCC1C(=O)N1CCN(c2nccs2)CC1. The van der Waals surface area contributed by atoms with Crippen LogP contribution in [0, 0.1) is 11.8 Å². The molecule has 2 unspecified atom stereocenters. The first-order chi connectivity index (χ1) is 9.25. The van der Waals surface area contributed by atoms with Gasteiger partial charge < -0.3 is 15.1 Å². The molecule has 0 spiro atoms. The number of nitrogens with zero attached hydrogens (tertiary/aromatic N) is 3. The summed E-state index contributed by atoms with van der Waals surface area (Å²) in [5.41, 5.74) is 0. The molecule has 2 aliphatic heterocycles. The smallest absolute Gasteiger partial charge is 0.227 e. The van der Waals surface area contributed by atoms with E-state index in [1.807, 2.05) is 16.5 Å². The summed E-state index contributed by atoms with van der Waals surface area (Å²) < 4.78 is 0. The number of aromatic nitrogens is 1. The number of thiazole rings is 1. The van der Waals surface area contributed by atoms with Gasteiger partial charge in [0, 0.05) is 44.3 Å². The van der Waals surface area contributed by atoms with Crippen LogP contribution >= 0.6 is 11.3 Å². The van der Waals surface area contributed by atoms with Crippen molar-refractivity contribution < 1.29 is 4.79 Å². The highest BCUT2D eigenvalue weighted by atomic mass is 32.1. The van der Waals surface area contributed by atoms with Gasteiger partial charge in [-0.05, 0) is 12.5 Å². The van der Waals surface area contributed by atoms with E-state index in [-0.39, 0.29) is 5.92 Å². The van der Waals surface area contributed by atoms with Crippen molar-refractivity contribution in [2.24, 2.45) is 11.8 Å². The minimum absolute atomic E-state index is 0.173. The maximum atomic E-state index is 12.5. The second-order valence-corrected chi connectivity index (χ2v) is 6.24. The van der Waals surface area contributed by atoms with Crippen LogP contribution in [0.25, 0.3) is 0 Å². The fraction of sp³-hybridized carbons (Fsp3) is 0.692. The molecule has 0 bridgehead atoms. The molecule has 2 aliphatic rings. The number of hydrogen-bond acceptors (Lipinski definition) is 5. The van der Waals surface area contributed by atoms with Crippen LogP contribution < -0.4 is 10.2 Å². The summed E-state index contributed by atoms with van der Waals surface area (Å²) in [7, 11) is 0. The van der Waals surface area contributed by atoms with E-state index >= 15 is 0 Å². The maximum Gasteiger partial charge on any atom is 0.227 e. The molecule has 3 rings (SSSR count). The predicted octanol–water partition coefficient (Wildman–Crippen LogP) is 0.647. The zero-order valence-corrected chi connectivity index (χ0v) is 12.0. The standard InChI is InChI=1S/C13H20N4OS/c1-10-8-14-9-11(10)12(18)16-3-5-17(6-4-16)13-15-2-7-19-13/h2,7,10-11,14H,3-6,8-9H2,1H3. The lowest BCUT2D eigenvalue weighted by molar-refractivity contribution is -0.136. The topological polar surface area (TPSA) is 48.5 Å². The molecule has 5 nitrogen and oxygen atoms in total. The molecule has 1 aromatic rings. The monoisotopic (exact) mass is 280 g/mol. The Kier molecular flexibility index (Phi) is 3.70. The molecule has 2 saturated heterocycles. The molecule has 0 aromatic carbocycles. The fourth-order valence-electron chi connectivity index (χ4n) is 2.87. The molecular formula is C13H20N4OS. The first-order valence-electron chi connectivity index (χ1n) is 6.89. The van der Waals surface area contributed by atoms with Crippen molar-refractivity contribution in [3.8, 4) is 0 Å². The number of amides is 1. The van der Waals surface area contributed by atoms with Crippen LogP contribution in [-0.2, 0) is 4.79 Å². The fourth-order valence-corrected chi connectivity index (χ4v) is 3.56. The summed E-state index contributed by atoms with van der Waals surface area (Å²) in [5, 5.41) is 6.38. The van der Waals surface area contributed by atoms with Gasteiger partial charge in [0.25, 0.3) is 0 Å². The Hall–Kier alpha value is -1.14. The van der Waals surface area contributed by atoms with Gasteiger partial charge in [-0.2, -0.15) is 0 Å². The molecule has 1 N–H and O–H groups in total. The summed E-state index contributed by atoms with van der Waals surface area (Å²) in [5.74, 6) is 0.965. The first kappa shape index (κ1) is 12.9. The van der Waals surface area contributed by atoms with Crippen molar-refractivity contribution in [1.82, 2.24) is 15.2 Å². The predicted molar refractivity (Wildman–Crippen MR) is 76.4 cm³/mol. The zero-order valence-electron chi connectivity index (χ0n) is 11.2. The zero-order chi connectivity index (χ0) is 13.2. The Morgan fingerprint density at radius 3 is 2.74 bits per heavy atom. The van der Waals surface area contributed by atoms with Crippen molar-refractivity contribution in [3.05, 3.63) is 11.6 Å². The number of anilines is 1. The van der Waals surface area contributed by atoms with Gasteiger partial charge in [0.05, 0.1) is 5.92 Å². The third-order valence-corrected chi connectivity index (χ3v) is 4.95. The number of carbonyl (C=O) groups is 1. The van der Waals surface area contributed by atoms with Gasteiger partial charge in [-0.1, -0.05) is 6.92 Å². The second-order valence-electron chi connectivity index (χ2n) is 5.37. The van der Waals surface area contributed by atoms with Crippen molar-refractivity contribution in [3.63, 3.8) is 0 Å². The van der Waals surface area contributed by atoms with Gasteiger partial charge >= 0.3 is 0 Å². The quantitative estimate of drug-likeness (QED) is 0.864. The molecule has 1 aromatic heterocycles. The highest BCUT2D eigenvalue weighted by Gasteiger charge is 2.34. The summed E-state index contributed by atoms with van der Waals surface area (Å²) >= 11 is 1.67. The Labute approximate surface area is 117 Å². The van der Waals surface area contributed by atoms with Crippen LogP contribution in [0.15, 0.2) is 11.6 Å². The van der Waals surface area contributed by atoms with Crippen LogP contribution in [0.4, 0.5) is 5.13 Å². The number of carbonyl (C=O) groups excluding carboxylic acids is 1. The minimum atomic E-state index is 0.173. The van der Waals surface area contributed by atoms with Gasteiger partial charge in [-0.15, -0.1) is 11.3 Å². The van der Waals surface area contributed by atoms with Crippen LogP contribution in [0.3, 0.4) is 0 Å². The first-order valence-corrected chi connectivity index (χ1v) is 7.77. The van der Waals surface area contributed by atoms with E-state index in [4.69, 9.17) is 0 Å². The van der Waals surface area contributed by atoms with Crippen LogP contribution in [0.2, 0.25) is 0 Å². The van der Waals surface area contributed by atoms with Gasteiger partial charge in [-0.3, -0.25) is 4.79 Å². The van der Waals surface area contributed by atoms with E-state index in [0.29, 0.717) is 11.8 Å². The van der Waals surface area contributed by atoms with E-state index in [9.17, 15) is 4.79 Å². The Morgan fingerprint density at radius 2 is 2.16 bits per heavy atom. The van der Waals surface area contributed by atoms with Crippen molar-refractivity contribution in [2.75, 3.05) is 44.2 Å². The summed E-state index contributed by atoms with van der Waals surface area (Å²) in [6, 6.07) is 0. The molecule has 19 heavy (non-hydrogen) atoms. The Balaban J connectivity index is 1.56.